The minimum Gasteiger partial charge on any atom is -0.273 e. The van der Waals surface area contributed by atoms with Gasteiger partial charge in [-0.1, -0.05) is 29.8 Å². The van der Waals surface area contributed by atoms with Gasteiger partial charge in [0.15, 0.2) is 5.82 Å². The molecular formula is C17H16N4S. The molecule has 4 rings (SSSR count). The van der Waals surface area contributed by atoms with Crippen LogP contribution in [0.1, 0.15) is 41.3 Å². The first kappa shape index (κ1) is 13.4. The van der Waals surface area contributed by atoms with Crippen LogP contribution in [0.5, 0.6) is 0 Å². The van der Waals surface area contributed by atoms with E-state index in [4.69, 9.17) is 4.99 Å². The molecule has 0 saturated carbocycles. The number of hydrogen-bond acceptors (Lipinski definition) is 4. The molecule has 5 heteroatoms. The van der Waals surface area contributed by atoms with Crippen molar-refractivity contribution in [2.45, 2.75) is 26.8 Å². The summed E-state index contributed by atoms with van der Waals surface area (Å²) in [5.41, 5.74) is 4.59. The van der Waals surface area contributed by atoms with Crippen molar-refractivity contribution in [3.63, 3.8) is 0 Å². The average Bonchev–Trinajstić information content (AvgIpc) is 3.09. The number of fused-ring (bicyclic) bond motifs is 3. The molecule has 4 nitrogen and oxygen atoms in total. The molecule has 0 unspecified atom stereocenters. The molecule has 110 valence electrons. The normalized spacial score (nSPS) is 16.7. The van der Waals surface area contributed by atoms with Crippen molar-refractivity contribution in [2.24, 2.45) is 4.99 Å². The average molecular weight is 308 g/mol. The second kappa shape index (κ2) is 4.88. The van der Waals surface area contributed by atoms with E-state index in [-0.39, 0.29) is 6.04 Å². The third-order valence-corrected chi connectivity index (χ3v) is 4.87. The fourth-order valence-corrected chi connectivity index (χ4v) is 3.77. The summed E-state index contributed by atoms with van der Waals surface area (Å²) in [5, 5.41) is 11.8. The Labute approximate surface area is 133 Å². The highest BCUT2D eigenvalue weighted by Crippen LogP contribution is 2.33. The van der Waals surface area contributed by atoms with Gasteiger partial charge in [-0.05, 0) is 32.2 Å². The lowest BCUT2D eigenvalue weighted by atomic mass is 10.0. The van der Waals surface area contributed by atoms with Crippen LogP contribution in [-0.4, -0.2) is 20.5 Å². The van der Waals surface area contributed by atoms with Crippen LogP contribution in [0, 0.1) is 13.8 Å². The maximum Gasteiger partial charge on any atom is 0.162 e. The van der Waals surface area contributed by atoms with Crippen molar-refractivity contribution < 1.29 is 0 Å². The van der Waals surface area contributed by atoms with Gasteiger partial charge in [-0.15, -0.1) is 21.5 Å². The second-order valence-electron chi connectivity index (χ2n) is 5.60. The zero-order chi connectivity index (χ0) is 15.3. The monoisotopic (exact) mass is 308 g/mol. The van der Waals surface area contributed by atoms with Gasteiger partial charge < -0.3 is 0 Å². The largest absolute Gasteiger partial charge is 0.273 e. The summed E-state index contributed by atoms with van der Waals surface area (Å²) in [6, 6.07) is 10.7. The van der Waals surface area contributed by atoms with Crippen LogP contribution in [0.2, 0.25) is 0 Å². The molecule has 3 heterocycles. The minimum absolute atomic E-state index is 0.0166. The Balaban J connectivity index is 1.97. The summed E-state index contributed by atoms with van der Waals surface area (Å²) >= 11 is 1.71. The zero-order valence-corrected chi connectivity index (χ0v) is 13.6. The SMILES string of the molecule is Cc1ccc(C2=N[C@@H](C)c3nnc(C)n3-c3sccc32)cc1. The van der Waals surface area contributed by atoms with Crippen LogP contribution in [0.15, 0.2) is 40.7 Å². The van der Waals surface area contributed by atoms with E-state index < -0.39 is 0 Å². The molecule has 1 aromatic carbocycles. The quantitative estimate of drug-likeness (QED) is 0.685. The Morgan fingerprint density at radius 2 is 1.82 bits per heavy atom. The highest BCUT2D eigenvalue weighted by Gasteiger charge is 2.26. The van der Waals surface area contributed by atoms with Crippen LogP contribution in [-0.2, 0) is 0 Å². The number of aromatic nitrogens is 3. The molecule has 0 saturated heterocycles. The van der Waals surface area contributed by atoms with Gasteiger partial charge in [0.2, 0.25) is 0 Å². The number of aryl methyl sites for hydroxylation is 2. The summed E-state index contributed by atoms with van der Waals surface area (Å²) in [4.78, 5) is 4.94. The summed E-state index contributed by atoms with van der Waals surface area (Å²) in [5.74, 6) is 1.81. The van der Waals surface area contributed by atoms with E-state index in [1.54, 1.807) is 11.3 Å². The van der Waals surface area contributed by atoms with Crippen LogP contribution >= 0.6 is 11.3 Å². The van der Waals surface area contributed by atoms with Crippen molar-refractivity contribution in [3.8, 4) is 5.00 Å². The molecule has 1 aliphatic rings. The number of hydrogen-bond donors (Lipinski definition) is 0. The topological polar surface area (TPSA) is 43.1 Å². The Morgan fingerprint density at radius 1 is 1.05 bits per heavy atom. The van der Waals surface area contributed by atoms with Gasteiger partial charge in [0.25, 0.3) is 0 Å². The van der Waals surface area contributed by atoms with Gasteiger partial charge in [-0.3, -0.25) is 9.56 Å². The van der Waals surface area contributed by atoms with Gasteiger partial charge in [0, 0.05) is 11.1 Å². The third kappa shape index (κ3) is 1.93. The molecule has 0 bridgehead atoms. The first-order valence-corrected chi connectivity index (χ1v) is 8.18. The number of benzene rings is 1. The van der Waals surface area contributed by atoms with Crippen molar-refractivity contribution in [2.75, 3.05) is 0 Å². The first-order chi connectivity index (χ1) is 10.6. The Hall–Kier alpha value is -2.27. The third-order valence-electron chi connectivity index (χ3n) is 3.97. The number of nitrogens with zero attached hydrogens (tertiary/aromatic N) is 4. The fourth-order valence-electron chi connectivity index (χ4n) is 2.82. The van der Waals surface area contributed by atoms with Gasteiger partial charge in [-0.25, -0.2) is 0 Å². The standard InChI is InChI=1S/C17H16N4S/c1-10-4-6-13(7-5-10)15-14-8-9-22-17(14)21-12(3)19-20-16(21)11(2)18-15/h4-9,11H,1-3H3/t11-/m0/s1. The van der Waals surface area contributed by atoms with E-state index in [1.807, 2.05) is 6.92 Å². The molecule has 0 aliphatic carbocycles. The molecule has 3 aromatic rings. The van der Waals surface area contributed by atoms with E-state index in [0.29, 0.717) is 0 Å². The Kier molecular flexibility index (Phi) is 2.97. The Morgan fingerprint density at radius 3 is 2.59 bits per heavy atom. The molecule has 0 amide bonds. The van der Waals surface area contributed by atoms with Crippen molar-refractivity contribution >= 4 is 17.0 Å². The molecule has 0 radical (unpaired) electrons. The number of rotatable bonds is 1. The molecule has 0 N–H and O–H groups in total. The van der Waals surface area contributed by atoms with Crippen LogP contribution in [0.25, 0.3) is 5.00 Å². The number of aliphatic imine (C=N–C) groups is 1. The lowest BCUT2D eigenvalue weighted by Crippen LogP contribution is -2.05. The minimum atomic E-state index is -0.0166. The highest BCUT2D eigenvalue weighted by molar-refractivity contribution is 7.13. The summed E-state index contributed by atoms with van der Waals surface area (Å²) in [6.07, 6.45) is 0. The highest BCUT2D eigenvalue weighted by atomic mass is 32.1. The van der Waals surface area contributed by atoms with Crippen LogP contribution in [0.3, 0.4) is 0 Å². The summed E-state index contributed by atoms with van der Waals surface area (Å²) < 4.78 is 2.13. The molecule has 0 fully saturated rings. The van der Waals surface area contributed by atoms with E-state index in [2.05, 4.69) is 64.3 Å². The van der Waals surface area contributed by atoms with E-state index in [0.717, 1.165) is 33.5 Å². The van der Waals surface area contributed by atoms with Crippen molar-refractivity contribution in [1.29, 1.82) is 0 Å². The maximum absolute atomic E-state index is 4.94. The van der Waals surface area contributed by atoms with Crippen molar-refractivity contribution in [3.05, 3.63) is 64.1 Å². The van der Waals surface area contributed by atoms with E-state index in [9.17, 15) is 0 Å². The molecule has 1 atom stereocenters. The lowest BCUT2D eigenvalue weighted by molar-refractivity contribution is 0.724. The molecule has 0 spiro atoms. The van der Waals surface area contributed by atoms with Gasteiger partial charge in [-0.2, -0.15) is 0 Å². The van der Waals surface area contributed by atoms with Crippen LogP contribution in [0.4, 0.5) is 0 Å². The second-order valence-corrected chi connectivity index (χ2v) is 6.49. The number of thiophene rings is 1. The van der Waals surface area contributed by atoms with E-state index in [1.165, 1.54) is 5.56 Å². The predicted molar refractivity (Wildman–Crippen MR) is 89.2 cm³/mol. The van der Waals surface area contributed by atoms with Gasteiger partial charge in [0.1, 0.15) is 16.9 Å². The zero-order valence-electron chi connectivity index (χ0n) is 12.7. The van der Waals surface area contributed by atoms with Crippen molar-refractivity contribution in [1.82, 2.24) is 14.8 Å². The molecule has 22 heavy (non-hydrogen) atoms. The first-order valence-electron chi connectivity index (χ1n) is 7.30. The maximum atomic E-state index is 4.94. The van der Waals surface area contributed by atoms with Crippen LogP contribution < -0.4 is 0 Å². The molecule has 2 aromatic heterocycles. The predicted octanol–water partition coefficient (Wildman–Crippen LogP) is 3.86. The van der Waals surface area contributed by atoms with Gasteiger partial charge in [0.05, 0.1) is 5.71 Å². The lowest BCUT2D eigenvalue weighted by Gasteiger charge is -2.07. The fraction of sp³-hybridized carbons (Fsp3) is 0.235. The molecular weight excluding hydrogens is 292 g/mol. The van der Waals surface area contributed by atoms with Gasteiger partial charge >= 0.3 is 0 Å². The van der Waals surface area contributed by atoms with E-state index >= 15 is 0 Å². The smallest absolute Gasteiger partial charge is 0.162 e. The Bertz CT molecular complexity index is 870. The summed E-state index contributed by atoms with van der Waals surface area (Å²) in [6.45, 7) is 6.16. The summed E-state index contributed by atoms with van der Waals surface area (Å²) in [7, 11) is 0. The molecule has 1 aliphatic heterocycles.